The van der Waals surface area contributed by atoms with Crippen LogP contribution in [0.5, 0.6) is 5.75 Å². The molecule has 1 aromatic rings. The van der Waals surface area contributed by atoms with Crippen molar-refractivity contribution in [3.05, 3.63) is 53.6 Å². The Balaban J connectivity index is 1.57. The third kappa shape index (κ3) is 10.8. The van der Waals surface area contributed by atoms with Gasteiger partial charge in [0.1, 0.15) is 18.0 Å². The van der Waals surface area contributed by atoms with Gasteiger partial charge >= 0.3 is 11.9 Å². The first-order valence-corrected chi connectivity index (χ1v) is 25.9. The van der Waals surface area contributed by atoms with Crippen molar-refractivity contribution >= 4 is 28.6 Å². The Bertz CT molecular complexity index is 1500. The Morgan fingerprint density at radius 2 is 1.42 bits per heavy atom. The molecule has 53 heavy (non-hydrogen) atoms. The average Bonchev–Trinajstić information content (AvgIpc) is 2.98. The molecule has 1 fully saturated rings. The van der Waals surface area contributed by atoms with Gasteiger partial charge in [0.15, 0.2) is 22.2 Å². The lowest BCUT2D eigenvalue weighted by Gasteiger charge is -2.46. The number of allylic oxidation sites excluding steroid dienone is 2. The largest absolute Gasteiger partial charge is 0.476 e. The first kappa shape index (κ1) is 43.5. The molecule has 0 amide bonds. The van der Waals surface area contributed by atoms with Crippen molar-refractivity contribution in [2.24, 2.45) is 17.8 Å². The summed E-state index contributed by atoms with van der Waals surface area (Å²) in [7, 11) is -4.17. The Kier molecular flexibility index (Phi) is 12.9. The number of carbonyl (C=O) groups is 2. The van der Waals surface area contributed by atoms with E-state index in [1.807, 2.05) is 12.1 Å². The number of ether oxygens (including phenoxy) is 3. The highest BCUT2D eigenvalue weighted by molar-refractivity contribution is 6.74. The van der Waals surface area contributed by atoms with Gasteiger partial charge in [0, 0.05) is 18.8 Å². The normalized spacial score (nSPS) is 27.4. The molecule has 1 aromatic carbocycles. The van der Waals surface area contributed by atoms with Crippen molar-refractivity contribution in [1.29, 1.82) is 0 Å². The van der Waals surface area contributed by atoms with Gasteiger partial charge in [0.25, 0.3) is 0 Å². The molecular weight excluding hydrogens is 697 g/mol. The third-order valence-corrected chi connectivity index (χ3v) is 21.8. The van der Waals surface area contributed by atoms with Crippen molar-refractivity contribution in [2.75, 3.05) is 0 Å². The molecule has 0 saturated carbocycles. The fraction of sp³-hybridized carbons (Fsp3) is 0.727. The summed E-state index contributed by atoms with van der Waals surface area (Å²) in [4.78, 5) is 27.0. The molecule has 0 unspecified atom stereocenters. The van der Waals surface area contributed by atoms with E-state index in [1.165, 1.54) is 5.56 Å². The Labute approximate surface area is 324 Å². The second-order valence-corrected chi connectivity index (χ2v) is 30.2. The second kappa shape index (κ2) is 15.7. The Morgan fingerprint density at radius 3 is 1.98 bits per heavy atom. The first-order valence-electron chi connectivity index (χ1n) is 20.1. The van der Waals surface area contributed by atoms with E-state index in [2.05, 4.69) is 126 Å². The highest BCUT2D eigenvalue weighted by Gasteiger charge is 2.48. The molecule has 9 heteroatoms. The summed E-state index contributed by atoms with van der Waals surface area (Å²) in [6.07, 6.45) is 9.08. The van der Waals surface area contributed by atoms with Gasteiger partial charge in [-0.05, 0) is 103 Å². The van der Waals surface area contributed by atoms with E-state index in [9.17, 15) is 9.59 Å². The number of hydrogen-bond donors (Lipinski definition) is 0. The monoisotopic (exact) mass is 768 g/mol. The van der Waals surface area contributed by atoms with Crippen molar-refractivity contribution in [3.8, 4) is 5.75 Å². The third-order valence-electron chi connectivity index (χ3n) is 12.8. The average molecular weight is 769 g/mol. The predicted octanol–water partition coefficient (Wildman–Crippen LogP) is 11.1. The van der Waals surface area contributed by atoms with E-state index >= 15 is 0 Å². The number of hydrogen-bond acceptors (Lipinski definition) is 7. The first-order chi connectivity index (χ1) is 24.1. The second-order valence-electron chi connectivity index (χ2n) is 20.7. The highest BCUT2D eigenvalue weighted by atomic mass is 28.4. The molecule has 7 nitrogen and oxygen atoms in total. The van der Waals surface area contributed by atoms with Gasteiger partial charge < -0.3 is 23.1 Å². The van der Waals surface area contributed by atoms with E-state index in [-0.39, 0.29) is 63.5 Å². The molecule has 1 heterocycles. The highest BCUT2D eigenvalue weighted by Crippen LogP contribution is 2.47. The number of benzene rings is 1. The van der Waals surface area contributed by atoms with Gasteiger partial charge in [-0.15, -0.1) is 0 Å². The van der Waals surface area contributed by atoms with Gasteiger partial charge in [-0.25, -0.2) is 4.79 Å². The van der Waals surface area contributed by atoms with Crippen LogP contribution in [-0.4, -0.2) is 58.6 Å². The van der Waals surface area contributed by atoms with Crippen LogP contribution in [0.4, 0.5) is 0 Å². The van der Waals surface area contributed by atoms with E-state index in [4.69, 9.17) is 23.1 Å². The maximum atomic E-state index is 14.2. The molecule has 1 aliphatic heterocycles. The molecule has 298 valence electrons. The van der Waals surface area contributed by atoms with E-state index in [0.717, 1.165) is 18.4 Å². The number of esters is 2. The number of cyclic esters (lactones) is 1. The van der Waals surface area contributed by atoms with Gasteiger partial charge in [0.05, 0.1) is 18.6 Å². The standard InChI is InChI=1S/C44H72O7Si2/c1-29-17-18-30-25-34(50-52(13,14)42(5,6)7)27-37(48-40(46)44(11,12)49-32-21-19-31(20-22-32)41(2,3)4)39(30)36(29)24-23-33-26-35(28-38(45)47-33)51-53(15,16)43(8,9)10/h17-22,25,29,33-37,39H,23-24,26-28H2,1-16H3/t29-,33+,34+,35+,36-,37-,39-/m0/s1. The molecule has 4 rings (SSSR count). The van der Waals surface area contributed by atoms with Crippen LogP contribution in [0.1, 0.15) is 121 Å². The van der Waals surface area contributed by atoms with Crippen LogP contribution in [0.2, 0.25) is 36.3 Å². The molecule has 0 radical (unpaired) electrons. The molecule has 2 aliphatic carbocycles. The molecule has 3 aliphatic rings. The summed E-state index contributed by atoms with van der Waals surface area (Å²) in [5.41, 5.74) is 1.17. The van der Waals surface area contributed by atoms with Crippen molar-refractivity contribution < 1.29 is 32.7 Å². The van der Waals surface area contributed by atoms with Crippen molar-refractivity contribution in [2.45, 2.75) is 187 Å². The van der Waals surface area contributed by atoms with Gasteiger partial charge in [-0.3, -0.25) is 4.79 Å². The van der Waals surface area contributed by atoms with Gasteiger partial charge in [-0.2, -0.15) is 0 Å². The summed E-state index contributed by atoms with van der Waals surface area (Å²) >= 11 is 0. The van der Waals surface area contributed by atoms with E-state index in [1.54, 1.807) is 13.8 Å². The maximum absolute atomic E-state index is 14.2. The Morgan fingerprint density at radius 1 is 0.830 bits per heavy atom. The van der Waals surface area contributed by atoms with Gasteiger partial charge in [0.2, 0.25) is 0 Å². The zero-order valence-electron chi connectivity index (χ0n) is 36.0. The molecule has 0 aromatic heterocycles. The summed E-state index contributed by atoms with van der Waals surface area (Å²) in [6, 6.07) is 7.99. The molecule has 0 bridgehead atoms. The minimum atomic E-state index is -2.13. The quantitative estimate of drug-likeness (QED) is 0.164. The summed E-state index contributed by atoms with van der Waals surface area (Å²) in [5, 5.41) is 0.0997. The van der Waals surface area contributed by atoms with Crippen LogP contribution in [0.25, 0.3) is 0 Å². The minimum absolute atomic E-state index is 0.0151. The zero-order chi connectivity index (χ0) is 39.9. The number of carbonyl (C=O) groups excluding carboxylic acids is 2. The minimum Gasteiger partial charge on any atom is -0.476 e. The van der Waals surface area contributed by atoms with Crippen LogP contribution in [0.3, 0.4) is 0 Å². The van der Waals surface area contributed by atoms with Crippen molar-refractivity contribution in [3.63, 3.8) is 0 Å². The van der Waals surface area contributed by atoms with Crippen molar-refractivity contribution in [1.82, 2.24) is 0 Å². The summed E-state index contributed by atoms with van der Waals surface area (Å²) < 4.78 is 32.5. The fourth-order valence-electron chi connectivity index (χ4n) is 7.33. The van der Waals surface area contributed by atoms with Crippen LogP contribution >= 0.6 is 0 Å². The molecule has 1 saturated heterocycles. The lowest BCUT2D eigenvalue weighted by Crippen LogP contribution is -2.50. The van der Waals surface area contributed by atoms with Gasteiger partial charge in [-0.1, -0.05) is 99.6 Å². The van der Waals surface area contributed by atoms with Crippen LogP contribution in [0.15, 0.2) is 48.1 Å². The number of fused-ring (bicyclic) bond motifs is 1. The molecule has 0 spiro atoms. The lowest BCUT2D eigenvalue weighted by molar-refractivity contribution is -0.171. The molecular formula is C44H72O7Si2. The van der Waals surface area contributed by atoms with Crippen LogP contribution in [0, 0.1) is 17.8 Å². The number of rotatable bonds is 11. The topological polar surface area (TPSA) is 80.3 Å². The smallest absolute Gasteiger partial charge is 0.350 e. The summed E-state index contributed by atoms with van der Waals surface area (Å²) in [6.45, 7) is 34.8. The Hall–Kier alpha value is -2.21. The van der Waals surface area contributed by atoms with E-state index < -0.39 is 28.3 Å². The maximum Gasteiger partial charge on any atom is 0.350 e. The molecule has 0 N–H and O–H groups in total. The van der Waals surface area contributed by atoms with E-state index in [0.29, 0.717) is 25.0 Å². The van der Waals surface area contributed by atoms with Crippen LogP contribution in [-0.2, 0) is 33.3 Å². The lowest BCUT2D eigenvalue weighted by atomic mass is 9.66. The van der Waals surface area contributed by atoms with Crippen LogP contribution < -0.4 is 4.74 Å². The SMILES string of the molecule is C[C@H]1C=CC2=C[C@@H](O[Si](C)(C)C(C)(C)C)C[C@H](OC(=O)C(C)(C)Oc3ccc(C(C)(C)C)cc3)[C@@H]2[C@H]1CC[C@@H]1C[C@@H](O[Si](C)(C)C(C)(C)C)CC(=O)O1. The molecule has 7 atom stereocenters. The zero-order valence-corrected chi connectivity index (χ0v) is 38.0. The summed E-state index contributed by atoms with van der Waals surface area (Å²) in [5.74, 6) is 0.495. The predicted molar refractivity (Wildman–Crippen MR) is 220 cm³/mol. The fourth-order valence-corrected chi connectivity index (χ4v) is 9.97.